The fourth-order valence-corrected chi connectivity index (χ4v) is 9.76. The van der Waals surface area contributed by atoms with Crippen LogP contribution in [0.5, 0.6) is 0 Å². The summed E-state index contributed by atoms with van der Waals surface area (Å²) in [6.07, 6.45) is 27.8. The fraction of sp³-hybridized carbons (Fsp3) is 0.689. The Kier molecular flexibility index (Phi) is 31.1. The molecule has 0 saturated carbocycles. The van der Waals surface area contributed by atoms with E-state index in [0.717, 1.165) is 48.8 Å². The van der Waals surface area contributed by atoms with Crippen molar-refractivity contribution in [1.29, 1.82) is 0 Å². The highest BCUT2D eigenvalue weighted by molar-refractivity contribution is 5.76. The quantitative estimate of drug-likeness (QED) is 0.0573. The maximum Gasteiger partial charge on any atom is 0.220 e. The summed E-state index contributed by atoms with van der Waals surface area (Å²) in [7, 11) is 0. The van der Waals surface area contributed by atoms with Crippen molar-refractivity contribution in [3.63, 3.8) is 0 Å². The number of hydrogen-bond donors (Lipinski definition) is 1. The molecule has 0 radical (unpaired) electrons. The monoisotopic (exact) mass is 940 g/mol. The molecule has 0 aromatic heterocycles. The van der Waals surface area contributed by atoms with Gasteiger partial charge in [0.2, 0.25) is 5.91 Å². The lowest BCUT2D eigenvalue weighted by atomic mass is 9.79. The van der Waals surface area contributed by atoms with Crippen LogP contribution in [0.25, 0.3) is 0 Å². The van der Waals surface area contributed by atoms with E-state index in [9.17, 15) is 4.79 Å². The third-order valence-corrected chi connectivity index (χ3v) is 14.6. The summed E-state index contributed by atoms with van der Waals surface area (Å²) >= 11 is 0. The number of carbonyl (C=O) groups is 1. The minimum atomic E-state index is -0.456. The molecule has 0 spiro atoms. The van der Waals surface area contributed by atoms with E-state index >= 15 is 0 Å². The van der Waals surface area contributed by atoms with Gasteiger partial charge in [-0.3, -0.25) is 4.79 Å². The molecule has 1 saturated heterocycles. The standard InChI is InChI=1S/C61H97NO6/c1-6-8-10-12-14-16-18-19-20-22-24-35-43-57(65-46-54-39-31-27-32-40-54)60(66-47-55-41-33-28-34-42-55)56(62-59(63)44-36-25-23-21-17-15-13-11-9-7-2)48-67-61-52(5)50(3)51(4)58(68-61)49-64-45-53-37-29-26-30-38-53/h26-34,37-42,50-52,56-58,60-61H,6-25,35-36,43-49H2,1-5H3,(H,62,63)/t50-,51+,52?,56-,57+,58?,60-,61-/m0/s1. The number of rotatable bonds is 40. The van der Waals surface area contributed by atoms with E-state index in [4.69, 9.17) is 23.7 Å². The van der Waals surface area contributed by atoms with Crippen LogP contribution in [0.2, 0.25) is 0 Å². The molecule has 3 aromatic carbocycles. The minimum absolute atomic E-state index is 0.0467. The predicted octanol–water partition coefficient (Wildman–Crippen LogP) is 15.9. The van der Waals surface area contributed by atoms with Crippen molar-refractivity contribution in [2.24, 2.45) is 17.8 Å². The Bertz CT molecular complexity index is 1630. The van der Waals surface area contributed by atoms with Crippen molar-refractivity contribution in [3.05, 3.63) is 108 Å². The highest BCUT2D eigenvalue weighted by Crippen LogP contribution is 2.36. The number of hydrogen-bond acceptors (Lipinski definition) is 6. The van der Waals surface area contributed by atoms with Crippen molar-refractivity contribution in [1.82, 2.24) is 5.32 Å². The molecule has 3 aromatic rings. The molecule has 7 heteroatoms. The minimum Gasteiger partial charge on any atom is -0.374 e. The van der Waals surface area contributed by atoms with E-state index in [0.29, 0.717) is 44.7 Å². The Labute approximate surface area is 416 Å². The largest absolute Gasteiger partial charge is 0.374 e. The molecule has 1 aliphatic heterocycles. The van der Waals surface area contributed by atoms with Gasteiger partial charge in [-0.05, 0) is 41.4 Å². The Balaban J connectivity index is 1.49. The molecule has 1 fully saturated rings. The van der Waals surface area contributed by atoms with E-state index in [1.165, 1.54) is 116 Å². The van der Waals surface area contributed by atoms with E-state index in [-0.39, 0.29) is 30.6 Å². The zero-order valence-corrected chi connectivity index (χ0v) is 43.7. The number of benzene rings is 3. The topological polar surface area (TPSA) is 75.2 Å². The van der Waals surface area contributed by atoms with Crippen molar-refractivity contribution in [2.75, 3.05) is 13.2 Å². The lowest BCUT2D eigenvalue weighted by molar-refractivity contribution is -0.262. The summed E-state index contributed by atoms with van der Waals surface area (Å²) in [6, 6.07) is 30.7. The summed E-state index contributed by atoms with van der Waals surface area (Å²) < 4.78 is 34.0. The van der Waals surface area contributed by atoms with Crippen molar-refractivity contribution < 1.29 is 28.5 Å². The lowest BCUT2D eigenvalue weighted by Gasteiger charge is -2.44. The maximum absolute atomic E-state index is 14.1. The zero-order chi connectivity index (χ0) is 48.3. The number of ether oxygens (including phenoxy) is 5. The van der Waals surface area contributed by atoms with Gasteiger partial charge in [0.1, 0.15) is 6.10 Å². The molecule has 382 valence electrons. The van der Waals surface area contributed by atoms with Crippen LogP contribution in [0.3, 0.4) is 0 Å². The number of amides is 1. The van der Waals surface area contributed by atoms with Gasteiger partial charge in [-0.15, -0.1) is 0 Å². The van der Waals surface area contributed by atoms with Gasteiger partial charge in [-0.25, -0.2) is 0 Å². The van der Waals surface area contributed by atoms with E-state index in [1.54, 1.807) is 0 Å². The molecule has 1 heterocycles. The Morgan fingerprint density at radius 1 is 0.529 bits per heavy atom. The zero-order valence-electron chi connectivity index (χ0n) is 43.7. The molecule has 68 heavy (non-hydrogen) atoms. The molecular weight excluding hydrogens is 843 g/mol. The first kappa shape index (κ1) is 57.5. The van der Waals surface area contributed by atoms with Crippen molar-refractivity contribution in [3.8, 4) is 0 Å². The smallest absolute Gasteiger partial charge is 0.220 e. The second kappa shape index (κ2) is 36.8. The second-order valence-corrected chi connectivity index (χ2v) is 20.3. The molecule has 0 aliphatic carbocycles. The van der Waals surface area contributed by atoms with Gasteiger partial charge >= 0.3 is 0 Å². The first-order valence-corrected chi connectivity index (χ1v) is 27.9. The van der Waals surface area contributed by atoms with Crippen LogP contribution in [0, 0.1) is 17.8 Å². The summed E-state index contributed by atoms with van der Waals surface area (Å²) in [4.78, 5) is 14.1. The summed E-state index contributed by atoms with van der Waals surface area (Å²) in [6.45, 7) is 13.5. The second-order valence-electron chi connectivity index (χ2n) is 20.3. The Hall–Kier alpha value is -3.07. The van der Waals surface area contributed by atoms with Gasteiger partial charge < -0.3 is 29.0 Å². The summed E-state index contributed by atoms with van der Waals surface area (Å²) in [5, 5.41) is 3.50. The highest BCUT2D eigenvalue weighted by Gasteiger charge is 2.41. The molecule has 1 aliphatic rings. The fourth-order valence-electron chi connectivity index (χ4n) is 9.76. The first-order valence-electron chi connectivity index (χ1n) is 27.9. The maximum atomic E-state index is 14.1. The first-order chi connectivity index (χ1) is 33.4. The summed E-state index contributed by atoms with van der Waals surface area (Å²) in [5.41, 5.74) is 3.36. The molecule has 8 atom stereocenters. The highest BCUT2D eigenvalue weighted by atomic mass is 16.7. The Morgan fingerprint density at radius 3 is 1.47 bits per heavy atom. The molecule has 2 unspecified atom stereocenters. The normalized spacial score (nSPS) is 19.7. The van der Waals surface area contributed by atoms with Crippen molar-refractivity contribution >= 4 is 5.91 Å². The predicted molar refractivity (Wildman–Crippen MR) is 282 cm³/mol. The van der Waals surface area contributed by atoms with Crippen LogP contribution in [-0.2, 0) is 48.3 Å². The van der Waals surface area contributed by atoms with E-state index in [1.807, 2.05) is 30.3 Å². The van der Waals surface area contributed by atoms with E-state index in [2.05, 4.69) is 101 Å². The molecule has 4 rings (SSSR count). The van der Waals surface area contributed by atoms with Gasteiger partial charge in [0, 0.05) is 12.3 Å². The molecule has 1 N–H and O–H groups in total. The van der Waals surface area contributed by atoms with Crippen molar-refractivity contribution in [2.45, 2.75) is 239 Å². The van der Waals surface area contributed by atoms with Gasteiger partial charge in [0.15, 0.2) is 6.29 Å². The van der Waals surface area contributed by atoms with Crippen LogP contribution in [0.15, 0.2) is 91.0 Å². The summed E-state index contributed by atoms with van der Waals surface area (Å²) in [5.74, 6) is 0.838. The molecular formula is C61H97NO6. The van der Waals surface area contributed by atoms with Gasteiger partial charge in [-0.1, -0.05) is 260 Å². The Morgan fingerprint density at radius 2 is 0.971 bits per heavy atom. The number of unbranched alkanes of at least 4 members (excludes halogenated alkanes) is 20. The average molecular weight is 940 g/mol. The lowest BCUT2D eigenvalue weighted by Crippen LogP contribution is -2.54. The third kappa shape index (κ3) is 24.2. The van der Waals surface area contributed by atoms with Gasteiger partial charge in [0.25, 0.3) is 0 Å². The third-order valence-electron chi connectivity index (χ3n) is 14.6. The van der Waals surface area contributed by atoms with Crippen LogP contribution in [0.4, 0.5) is 0 Å². The molecule has 7 nitrogen and oxygen atoms in total. The van der Waals surface area contributed by atoms with Crippen LogP contribution in [-0.4, -0.2) is 49.8 Å². The van der Waals surface area contributed by atoms with Crippen LogP contribution >= 0.6 is 0 Å². The molecule has 1 amide bonds. The van der Waals surface area contributed by atoms with E-state index < -0.39 is 18.4 Å². The van der Waals surface area contributed by atoms with Gasteiger partial charge in [0.05, 0.1) is 51.3 Å². The average Bonchev–Trinajstić information content (AvgIpc) is 3.36. The SMILES string of the molecule is CCCCCCCCCCCCCC[C@@H](OCc1ccccc1)[C@@H](OCc1ccccc1)[C@H](CO[C@H]1OC(COCc2ccccc2)[C@H](C)[C@H](C)C1C)NC(=O)CCCCCCCCCCCC. The number of carbonyl (C=O) groups excluding carboxylic acids is 1. The van der Waals surface area contributed by atoms with Crippen LogP contribution in [0.1, 0.15) is 205 Å². The molecule has 0 bridgehead atoms. The van der Waals surface area contributed by atoms with Crippen LogP contribution < -0.4 is 5.32 Å². The van der Waals surface area contributed by atoms with Gasteiger partial charge in [-0.2, -0.15) is 0 Å². The number of nitrogens with one attached hydrogen (secondary N) is 1.